The number of aliphatic imine (C=N–C) groups is 1. The zero-order chi connectivity index (χ0) is 22.5. The molecule has 6 nitrogen and oxygen atoms in total. The fraction of sp³-hybridized carbons (Fsp3) is 0.720. The van der Waals surface area contributed by atoms with Gasteiger partial charge >= 0.3 is 0 Å². The van der Waals surface area contributed by atoms with Crippen LogP contribution in [0.3, 0.4) is 0 Å². The number of rotatable bonds is 12. The smallest absolute Gasteiger partial charge is 0.191 e. The molecule has 6 heteroatoms. The number of hydrogen-bond donors (Lipinski definition) is 3. The lowest BCUT2D eigenvalue weighted by Gasteiger charge is -2.34. The molecular formula is C25H45N5O. The maximum atomic E-state index is 9.34. The minimum absolute atomic E-state index is 0.243. The molecule has 176 valence electrons. The number of piperazine rings is 1. The van der Waals surface area contributed by atoms with Crippen LogP contribution in [0, 0.1) is 11.8 Å². The van der Waals surface area contributed by atoms with Crippen molar-refractivity contribution in [3.63, 3.8) is 0 Å². The number of aliphatic hydroxyl groups excluding tert-OH is 1. The zero-order valence-corrected chi connectivity index (χ0v) is 20.2. The van der Waals surface area contributed by atoms with Crippen LogP contribution in [0.25, 0.3) is 0 Å². The maximum Gasteiger partial charge on any atom is 0.191 e. The van der Waals surface area contributed by atoms with Crippen molar-refractivity contribution in [1.29, 1.82) is 0 Å². The van der Waals surface area contributed by atoms with Crippen LogP contribution in [0.4, 0.5) is 0 Å². The molecule has 0 amide bonds. The number of benzene rings is 1. The number of likely N-dealkylation sites (N-methyl/N-ethyl adjacent to an activating group) is 1. The molecule has 0 saturated carbocycles. The second kappa shape index (κ2) is 14.4. The van der Waals surface area contributed by atoms with Gasteiger partial charge in [-0.3, -0.25) is 4.90 Å². The van der Waals surface area contributed by atoms with Gasteiger partial charge in [-0.25, -0.2) is 4.99 Å². The molecule has 31 heavy (non-hydrogen) atoms. The highest BCUT2D eigenvalue weighted by Gasteiger charge is 2.15. The van der Waals surface area contributed by atoms with Crippen molar-refractivity contribution in [3.05, 3.63) is 35.4 Å². The van der Waals surface area contributed by atoms with Crippen molar-refractivity contribution in [1.82, 2.24) is 20.4 Å². The lowest BCUT2D eigenvalue weighted by Crippen LogP contribution is -2.45. The molecule has 1 aliphatic rings. The summed E-state index contributed by atoms with van der Waals surface area (Å²) in [6, 6.07) is 8.91. The summed E-state index contributed by atoms with van der Waals surface area (Å²) in [5.41, 5.74) is 2.61. The predicted molar refractivity (Wildman–Crippen MR) is 131 cm³/mol. The Hall–Kier alpha value is -1.63. The Labute approximate surface area is 190 Å². The number of guanidine groups is 1. The highest BCUT2D eigenvalue weighted by Crippen LogP contribution is 2.14. The second-order valence-electron chi connectivity index (χ2n) is 9.11. The van der Waals surface area contributed by atoms with Gasteiger partial charge < -0.3 is 20.6 Å². The Kier molecular flexibility index (Phi) is 11.9. The molecule has 1 atom stereocenters. The highest BCUT2D eigenvalue weighted by atomic mass is 16.3. The molecule has 1 saturated heterocycles. The topological polar surface area (TPSA) is 63.1 Å². The summed E-state index contributed by atoms with van der Waals surface area (Å²) >= 11 is 0. The molecule has 3 N–H and O–H groups in total. The van der Waals surface area contributed by atoms with E-state index >= 15 is 0 Å². The fourth-order valence-electron chi connectivity index (χ4n) is 4.18. The quantitative estimate of drug-likeness (QED) is 0.351. The molecule has 1 aromatic rings. The number of aliphatic hydroxyl groups is 1. The van der Waals surface area contributed by atoms with E-state index in [1.54, 1.807) is 0 Å². The van der Waals surface area contributed by atoms with E-state index in [1.165, 1.54) is 24.2 Å². The van der Waals surface area contributed by atoms with Crippen LogP contribution in [-0.4, -0.2) is 73.3 Å². The van der Waals surface area contributed by atoms with Crippen LogP contribution in [0.2, 0.25) is 0 Å². The fourth-order valence-corrected chi connectivity index (χ4v) is 4.18. The Morgan fingerprint density at radius 1 is 1.00 bits per heavy atom. The van der Waals surface area contributed by atoms with Gasteiger partial charge in [-0.15, -0.1) is 0 Å². The molecule has 1 aromatic carbocycles. The molecule has 0 radical (unpaired) electrons. The number of nitrogens with zero attached hydrogens (tertiary/aromatic N) is 3. The van der Waals surface area contributed by atoms with Crippen LogP contribution in [0.15, 0.2) is 29.3 Å². The molecule has 1 heterocycles. The Balaban J connectivity index is 1.84. The Bertz CT molecular complexity index is 623. The zero-order valence-electron chi connectivity index (χ0n) is 20.2. The third kappa shape index (κ3) is 10.0. The van der Waals surface area contributed by atoms with Crippen molar-refractivity contribution in [2.24, 2.45) is 16.8 Å². The summed E-state index contributed by atoms with van der Waals surface area (Å²) in [7, 11) is 0. The van der Waals surface area contributed by atoms with E-state index in [0.29, 0.717) is 18.4 Å². The normalized spacial score (nSPS) is 17.2. The van der Waals surface area contributed by atoms with Gasteiger partial charge in [0.2, 0.25) is 0 Å². The van der Waals surface area contributed by atoms with Gasteiger partial charge in [-0.1, -0.05) is 45.0 Å². The molecule has 0 spiro atoms. The first-order valence-electron chi connectivity index (χ1n) is 12.2. The molecule has 2 rings (SSSR count). The van der Waals surface area contributed by atoms with E-state index in [9.17, 15) is 5.11 Å². The van der Waals surface area contributed by atoms with E-state index in [1.807, 2.05) is 0 Å². The third-order valence-corrected chi connectivity index (χ3v) is 6.01. The molecular weight excluding hydrogens is 386 g/mol. The van der Waals surface area contributed by atoms with Gasteiger partial charge in [0, 0.05) is 52.4 Å². The first-order chi connectivity index (χ1) is 15.0. The SMILES string of the molecule is CCNC(=NCc1ccc(CN2CCN(CC)CC2)cc1)NCC(CCO)CC(C)C. The average molecular weight is 432 g/mol. The molecule has 0 aromatic heterocycles. The molecule has 1 aliphatic heterocycles. The van der Waals surface area contributed by atoms with Crippen molar-refractivity contribution in [2.75, 3.05) is 52.4 Å². The minimum atomic E-state index is 0.243. The first-order valence-corrected chi connectivity index (χ1v) is 12.2. The van der Waals surface area contributed by atoms with Crippen LogP contribution in [0.1, 0.15) is 51.7 Å². The summed E-state index contributed by atoms with van der Waals surface area (Å²) < 4.78 is 0. The monoisotopic (exact) mass is 431 g/mol. The van der Waals surface area contributed by atoms with Crippen LogP contribution in [-0.2, 0) is 13.1 Å². The number of hydrogen-bond acceptors (Lipinski definition) is 4. The standard InChI is InChI=1S/C25H45N5O/c1-5-26-25(28-19-24(11-16-31)17-21(3)4)27-18-22-7-9-23(10-8-22)20-30-14-12-29(6-2)13-15-30/h7-10,21,24,31H,5-6,11-20H2,1-4H3,(H2,26,27,28). The van der Waals surface area contributed by atoms with Crippen molar-refractivity contribution >= 4 is 5.96 Å². The van der Waals surface area contributed by atoms with Crippen molar-refractivity contribution < 1.29 is 5.11 Å². The largest absolute Gasteiger partial charge is 0.396 e. The maximum absolute atomic E-state index is 9.34. The van der Waals surface area contributed by atoms with E-state index in [0.717, 1.165) is 58.1 Å². The molecule has 1 unspecified atom stereocenters. The van der Waals surface area contributed by atoms with Crippen LogP contribution in [0.5, 0.6) is 0 Å². The third-order valence-electron chi connectivity index (χ3n) is 6.01. The van der Waals surface area contributed by atoms with Gasteiger partial charge in [-0.2, -0.15) is 0 Å². The van der Waals surface area contributed by atoms with E-state index in [2.05, 4.69) is 72.4 Å². The number of nitrogens with one attached hydrogen (secondary N) is 2. The molecule has 0 aliphatic carbocycles. The van der Waals surface area contributed by atoms with E-state index in [4.69, 9.17) is 4.99 Å². The molecule has 0 bridgehead atoms. The van der Waals surface area contributed by atoms with Gasteiger partial charge in [0.25, 0.3) is 0 Å². The van der Waals surface area contributed by atoms with Crippen LogP contribution >= 0.6 is 0 Å². The van der Waals surface area contributed by atoms with E-state index in [-0.39, 0.29) is 6.61 Å². The lowest BCUT2D eigenvalue weighted by molar-refractivity contribution is 0.132. The summed E-state index contributed by atoms with van der Waals surface area (Å²) in [6.45, 7) is 18.3. The van der Waals surface area contributed by atoms with Gasteiger partial charge in [0.1, 0.15) is 0 Å². The van der Waals surface area contributed by atoms with Crippen LogP contribution < -0.4 is 10.6 Å². The van der Waals surface area contributed by atoms with Crippen molar-refractivity contribution in [2.45, 2.75) is 53.6 Å². The van der Waals surface area contributed by atoms with Gasteiger partial charge in [-0.05, 0) is 49.3 Å². The minimum Gasteiger partial charge on any atom is -0.396 e. The summed E-state index contributed by atoms with van der Waals surface area (Å²) in [5.74, 6) is 1.95. The molecule has 1 fully saturated rings. The Morgan fingerprint density at radius 2 is 1.65 bits per heavy atom. The van der Waals surface area contributed by atoms with Gasteiger partial charge in [0.15, 0.2) is 5.96 Å². The summed E-state index contributed by atoms with van der Waals surface area (Å²) in [4.78, 5) is 9.84. The highest BCUT2D eigenvalue weighted by molar-refractivity contribution is 5.79. The first kappa shape index (κ1) is 25.6. The predicted octanol–water partition coefficient (Wildman–Crippen LogP) is 2.92. The lowest BCUT2D eigenvalue weighted by atomic mass is 9.94. The van der Waals surface area contributed by atoms with Gasteiger partial charge in [0.05, 0.1) is 6.54 Å². The summed E-state index contributed by atoms with van der Waals surface area (Å²) in [6.07, 6.45) is 1.95. The van der Waals surface area contributed by atoms with Crippen molar-refractivity contribution in [3.8, 4) is 0 Å². The summed E-state index contributed by atoms with van der Waals surface area (Å²) in [5, 5.41) is 16.2. The average Bonchev–Trinajstić information content (AvgIpc) is 2.77. The van der Waals surface area contributed by atoms with E-state index < -0.39 is 0 Å². The second-order valence-corrected chi connectivity index (χ2v) is 9.11. The Morgan fingerprint density at radius 3 is 2.23 bits per heavy atom.